The average Bonchev–Trinajstić information content (AvgIpc) is 2.12. The third kappa shape index (κ3) is 69.0. The molecule has 95 heavy (non-hydrogen) atoms. The van der Waals surface area contributed by atoms with Gasteiger partial charge in [0.1, 0.15) is 19.3 Å². The van der Waals surface area contributed by atoms with Gasteiger partial charge in [0, 0.05) is 25.7 Å². The number of phosphoric ester groups is 2. The number of aliphatic hydroxyl groups excluding tert-OH is 1. The van der Waals surface area contributed by atoms with E-state index in [1.54, 1.807) is 0 Å². The molecule has 0 spiro atoms. The predicted octanol–water partition coefficient (Wildman–Crippen LogP) is 22.0. The Balaban J connectivity index is 5.22. The highest BCUT2D eigenvalue weighted by atomic mass is 31.2. The summed E-state index contributed by atoms with van der Waals surface area (Å²) in [6.45, 7) is 14.2. The van der Waals surface area contributed by atoms with E-state index in [-0.39, 0.29) is 25.7 Å². The number of carbonyl (C=O) groups is 4. The first-order valence-electron chi connectivity index (χ1n) is 39.2. The summed E-state index contributed by atoms with van der Waals surface area (Å²) >= 11 is 0. The van der Waals surface area contributed by atoms with Gasteiger partial charge in [-0.15, -0.1) is 0 Å². The van der Waals surface area contributed by atoms with Gasteiger partial charge in [-0.1, -0.05) is 331 Å². The number of hydrogen-bond acceptors (Lipinski definition) is 15. The van der Waals surface area contributed by atoms with Gasteiger partial charge in [-0.05, 0) is 49.4 Å². The molecule has 4 unspecified atom stereocenters. The number of carbonyl (C=O) groups excluding carboxylic acids is 4. The van der Waals surface area contributed by atoms with Gasteiger partial charge in [-0.2, -0.15) is 0 Å². The second-order valence-corrected chi connectivity index (χ2v) is 32.0. The second-order valence-electron chi connectivity index (χ2n) is 29.1. The maximum atomic E-state index is 13.1. The van der Waals surface area contributed by atoms with Crippen LogP contribution < -0.4 is 0 Å². The molecule has 0 rings (SSSR count). The highest BCUT2D eigenvalue weighted by Gasteiger charge is 2.30. The van der Waals surface area contributed by atoms with Crippen LogP contribution in [0.5, 0.6) is 0 Å². The standard InChI is InChI=1S/C76H148O17P2/c1-9-69(8)55-47-39-34-35-43-51-59-76(81)93-72(63-87-74(79)57-49-41-32-27-26-30-38-46-54-68(6)7)65-91-95(84,85)89-61-70(77)60-88-94(82,83)90-64-71(92-75(80)58-50-42-33-25-21-17-16-19-23-29-37-45-53-67(4)5)62-86-73(78)56-48-40-31-24-20-15-13-11-10-12-14-18-22-28-36-44-52-66(2)3/h66-72,77H,9-65H2,1-8H3,(H,82,83)(H,84,85)/t69?,70?,71-,72-/m1/s1. The molecule has 3 N–H and O–H groups in total. The molecule has 0 fully saturated rings. The molecule has 19 heteroatoms. The summed E-state index contributed by atoms with van der Waals surface area (Å²) in [6.07, 6.45) is 50.1. The Morgan fingerprint density at radius 1 is 0.295 bits per heavy atom. The van der Waals surface area contributed by atoms with Crippen LogP contribution in [0.15, 0.2) is 0 Å². The highest BCUT2D eigenvalue weighted by Crippen LogP contribution is 2.45. The van der Waals surface area contributed by atoms with Crippen LogP contribution in [0.4, 0.5) is 0 Å². The van der Waals surface area contributed by atoms with Gasteiger partial charge in [0.2, 0.25) is 0 Å². The van der Waals surface area contributed by atoms with E-state index in [1.165, 1.54) is 186 Å². The lowest BCUT2D eigenvalue weighted by Gasteiger charge is -2.21. The van der Waals surface area contributed by atoms with Crippen molar-refractivity contribution in [1.82, 2.24) is 0 Å². The molecule has 0 amide bonds. The van der Waals surface area contributed by atoms with Crippen molar-refractivity contribution in [1.29, 1.82) is 0 Å². The topological polar surface area (TPSA) is 237 Å². The zero-order valence-electron chi connectivity index (χ0n) is 62.3. The lowest BCUT2D eigenvalue weighted by atomic mass is 10.00. The predicted molar refractivity (Wildman–Crippen MR) is 386 cm³/mol. The molecular formula is C76H148O17P2. The fraction of sp³-hybridized carbons (Fsp3) is 0.947. The molecule has 0 bridgehead atoms. The van der Waals surface area contributed by atoms with E-state index in [2.05, 4.69) is 55.4 Å². The summed E-state index contributed by atoms with van der Waals surface area (Å²) < 4.78 is 68.5. The van der Waals surface area contributed by atoms with E-state index in [0.717, 1.165) is 114 Å². The fourth-order valence-electron chi connectivity index (χ4n) is 11.5. The Morgan fingerprint density at radius 2 is 0.505 bits per heavy atom. The highest BCUT2D eigenvalue weighted by molar-refractivity contribution is 7.47. The van der Waals surface area contributed by atoms with E-state index in [9.17, 15) is 43.2 Å². The van der Waals surface area contributed by atoms with Crippen molar-refractivity contribution in [2.45, 2.75) is 401 Å². The van der Waals surface area contributed by atoms with Gasteiger partial charge in [0.15, 0.2) is 12.2 Å². The van der Waals surface area contributed by atoms with Crippen molar-refractivity contribution in [3.05, 3.63) is 0 Å². The van der Waals surface area contributed by atoms with Gasteiger partial charge >= 0.3 is 39.5 Å². The Hall–Kier alpha value is -1.94. The number of hydrogen-bond donors (Lipinski definition) is 3. The molecule has 0 saturated carbocycles. The van der Waals surface area contributed by atoms with Crippen LogP contribution in [0, 0.1) is 23.7 Å². The molecule has 0 aromatic rings. The van der Waals surface area contributed by atoms with Crippen molar-refractivity contribution in [3.63, 3.8) is 0 Å². The summed E-state index contributed by atoms with van der Waals surface area (Å²) in [4.78, 5) is 72.8. The number of esters is 4. The Kier molecular flexibility index (Phi) is 64.0. The van der Waals surface area contributed by atoms with Crippen molar-refractivity contribution >= 4 is 39.5 Å². The first kappa shape index (κ1) is 93.1. The molecule has 0 aromatic heterocycles. The number of aliphatic hydroxyl groups is 1. The summed E-state index contributed by atoms with van der Waals surface area (Å²) in [7, 11) is -9.91. The van der Waals surface area contributed by atoms with E-state index in [1.807, 2.05) is 0 Å². The van der Waals surface area contributed by atoms with Crippen LogP contribution in [0.2, 0.25) is 0 Å². The van der Waals surface area contributed by atoms with E-state index < -0.39 is 97.5 Å². The molecule has 0 saturated heterocycles. The van der Waals surface area contributed by atoms with Gasteiger partial charge in [0.25, 0.3) is 0 Å². The van der Waals surface area contributed by atoms with Crippen LogP contribution in [0.1, 0.15) is 383 Å². The van der Waals surface area contributed by atoms with Crippen LogP contribution in [-0.4, -0.2) is 96.7 Å². The van der Waals surface area contributed by atoms with E-state index in [4.69, 9.17) is 37.0 Å². The van der Waals surface area contributed by atoms with Gasteiger partial charge in [-0.25, -0.2) is 9.13 Å². The molecule has 0 heterocycles. The fourth-order valence-corrected chi connectivity index (χ4v) is 13.1. The average molecular weight is 1400 g/mol. The second kappa shape index (κ2) is 65.4. The summed E-state index contributed by atoms with van der Waals surface area (Å²) in [5.74, 6) is 0.912. The van der Waals surface area contributed by atoms with Crippen LogP contribution in [0.3, 0.4) is 0 Å². The summed E-state index contributed by atoms with van der Waals surface area (Å²) in [6, 6.07) is 0. The molecule has 17 nitrogen and oxygen atoms in total. The minimum absolute atomic E-state index is 0.102. The normalized spacial score (nSPS) is 14.4. The molecule has 0 aliphatic heterocycles. The largest absolute Gasteiger partial charge is 0.472 e. The SMILES string of the molecule is CCC(C)CCCCCCCCC(=O)O[C@H](COC(=O)CCCCCCCCCCC(C)C)COP(=O)(O)OCC(O)COP(=O)(O)OC[C@@H](COC(=O)CCCCCCCCCCCCCCCCCCC(C)C)OC(=O)CCCCCCCCCCCCCCC(C)C. The molecule has 0 radical (unpaired) electrons. The molecule has 6 atom stereocenters. The lowest BCUT2D eigenvalue weighted by Crippen LogP contribution is -2.30. The van der Waals surface area contributed by atoms with Crippen LogP contribution in [0.25, 0.3) is 0 Å². The zero-order chi connectivity index (χ0) is 70.3. The lowest BCUT2D eigenvalue weighted by molar-refractivity contribution is -0.161. The van der Waals surface area contributed by atoms with Crippen molar-refractivity contribution < 1.29 is 80.2 Å². The van der Waals surface area contributed by atoms with Crippen molar-refractivity contribution in [2.24, 2.45) is 23.7 Å². The number of ether oxygens (including phenoxy) is 4. The minimum atomic E-state index is -4.96. The van der Waals surface area contributed by atoms with Crippen LogP contribution in [-0.2, 0) is 65.4 Å². The monoisotopic (exact) mass is 1400 g/mol. The maximum absolute atomic E-state index is 13.1. The first-order valence-corrected chi connectivity index (χ1v) is 42.2. The van der Waals surface area contributed by atoms with E-state index >= 15 is 0 Å². The number of rotatable bonds is 73. The number of unbranched alkanes of at least 4 members (excludes halogenated alkanes) is 38. The first-order chi connectivity index (χ1) is 45.6. The Morgan fingerprint density at radius 3 is 0.747 bits per heavy atom. The van der Waals surface area contributed by atoms with Crippen LogP contribution >= 0.6 is 15.6 Å². The maximum Gasteiger partial charge on any atom is 0.472 e. The quantitative estimate of drug-likeness (QED) is 0.0222. The van der Waals surface area contributed by atoms with Gasteiger partial charge < -0.3 is 33.8 Å². The third-order valence-electron chi connectivity index (χ3n) is 17.9. The molecule has 0 aromatic carbocycles. The van der Waals surface area contributed by atoms with Gasteiger partial charge in [-0.3, -0.25) is 37.3 Å². The smallest absolute Gasteiger partial charge is 0.462 e. The summed E-state index contributed by atoms with van der Waals surface area (Å²) in [5.41, 5.74) is 0. The molecule has 564 valence electrons. The summed E-state index contributed by atoms with van der Waals surface area (Å²) in [5, 5.41) is 10.6. The molecular weight excluding hydrogens is 1250 g/mol. The third-order valence-corrected chi connectivity index (χ3v) is 19.8. The van der Waals surface area contributed by atoms with Crippen molar-refractivity contribution in [3.8, 4) is 0 Å². The minimum Gasteiger partial charge on any atom is -0.462 e. The zero-order valence-corrected chi connectivity index (χ0v) is 64.1. The van der Waals surface area contributed by atoms with Gasteiger partial charge in [0.05, 0.1) is 26.4 Å². The Bertz CT molecular complexity index is 1870. The molecule has 0 aliphatic carbocycles. The number of phosphoric acid groups is 2. The van der Waals surface area contributed by atoms with Crippen molar-refractivity contribution in [2.75, 3.05) is 39.6 Å². The Labute approximate surface area is 581 Å². The molecule has 0 aliphatic rings. The van der Waals surface area contributed by atoms with E-state index in [0.29, 0.717) is 25.7 Å².